The fourth-order valence-corrected chi connectivity index (χ4v) is 2.71. The minimum atomic E-state index is -0.657. The third-order valence-electron chi connectivity index (χ3n) is 2.63. The standard InChI is InChI=1S/C15H14F3NS/c1-9(19)5-10-6-13(17)15(14(18)7-10)20-12-4-2-3-11(16)8-12/h2-4,6-9H,5,19H2,1H3. The topological polar surface area (TPSA) is 26.0 Å². The van der Waals surface area contributed by atoms with Crippen LogP contribution in [0.15, 0.2) is 46.2 Å². The third kappa shape index (κ3) is 3.77. The molecule has 0 amide bonds. The molecule has 1 unspecified atom stereocenters. The summed E-state index contributed by atoms with van der Waals surface area (Å²) < 4.78 is 41.0. The molecule has 0 bridgehead atoms. The van der Waals surface area contributed by atoms with Crippen molar-refractivity contribution in [3.63, 3.8) is 0 Å². The Balaban J connectivity index is 2.28. The first kappa shape index (κ1) is 14.9. The van der Waals surface area contributed by atoms with Gasteiger partial charge in [0.1, 0.15) is 17.5 Å². The average Bonchev–Trinajstić information content (AvgIpc) is 2.33. The van der Waals surface area contributed by atoms with Crippen molar-refractivity contribution in [2.75, 3.05) is 0 Å². The second-order valence-corrected chi connectivity index (χ2v) is 5.71. The highest BCUT2D eigenvalue weighted by Crippen LogP contribution is 2.33. The van der Waals surface area contributed by atoms with Crippen molar-refractivity contribution in [2.24, 2.45) is 5.73 Å². The summed E-state index contributed by atoms with van der Waals surface area (Å²) in [4.78, 5) is 0.312. The highest BCUT2D eigenvalue weighted by Gasteiger charge is 2.13. The number of nitrogens with two attached hydrogens (primary N) is 1. The van der Waals surface area contributed by atoms with E-state index in [0.29, 0.717) is 16.9 Å². The summed E-state index contributed by atoms with van der Waals surface area (Å²) in [7, 11) is 0. The summed E-state index contributed by atoms with van der Waals surface area (Å²) in [6.45, 7) is 1.77. The highest BCUT2D eigenvalue weighted by atomic mass is 32.2. The molecular weight excluding hydrogens is 283 g/mol. The van der Waals surface area contributed by atoms with Gasteiger partial charge < -0.3 is 5.73 Å². The maximum absolute atomic E-state index is 14.0. The lowest BCUT2D eigenvalue weighted by molar-refractivity contribution is 0.535. The molecule has 0 saturated carbocycles. The third-order valence-corrected chi connectivity index (χ3v) is 3.72. The van der Waals surface area contributed by atoms with Crippen LogP contribution in [0, 0.1) is 17.5 Å². The quantitative estimate of drug-likeness (QED) is 0.917. The van der Waals surface area contributed by atoms with E-state index in [4.69, 9.17) is 5.73 Å². The number of rotatable bonds is 4. The Bertz CT molecular complexity index is 591. The van der Waals surface area contributed by atoms with Crippen LogP contribution >= 0.6 is 11.8 Å². The molecule has 0 spiro atoms. The van der Waals surface area contributed by atoms with Crippen molar-refractivity contribution in [2.45, 2.75) is 29.2 Å². The molecular formula is C15H14F3NS. The predicted molar refractivity (Wildman–Crippen MR) is 74.2 cm³/mol. The van der Waals surface area contributed by atoms with E-state index >= 15 is 0 Å². The lowest BCUT2D eigenvalue weighted by Gasteiger charge is -2.09. The number of hydrogen-bond acceptors (Lipinski definition) is 2. The smallest absolute Gasteiger partial charge is 0.140 e. The second-order valence-electron chi connectivity index (χ2n) is 4.63. The highest BCUT2D eigenvalue weighted by molar-refractivity contribution is 7.99. The largest absolute Gasteiger partial charge is 0.328 e. The summed E-state index contributed by atoms with van der Waals surface area (Å²) in [5.41, 5.74) is 6.12. The number of hydrogen-bond donors (Lipinski definition) is 1. The minimum Gasteiger partial charge on any atom is -0.328 e. The number of benzene rings is 2. The van der Waals surface area contributed by atoms with Crippen LogP contribution in [0.2, 0.25) is 0 Å². The molecule has 106 valence electrons. The molecule has 1 atom stereocenters. The van der Waals surface area contributed by atoms with Crippen LogP contribution in [-0.2, 0) is 6.42 Å². The molecule has 0 radical (unpaired) electrons. The normalized spacial score (nSPS) is 12.4. The Labute approximate surface area is 120 Å². The SMILES string of the molecule is CC(N)Cc1cc(F)c(Sc2cccc(F)c2)c(F)c1. The van der Waals surface area contributed by atoms with E-state index in [1.807, 2.05) is 0 Å². The summed E-state index contributed by atoms with van der Waals surface area (Å²) in [6.07, 6.45) is 0.402. The number of halogens is 3. The Kier molecular flexibility index (Phi) is 4.73. The first-order chi connectivity index (χ1) is 9.45. The van der Waals surface area contributed by atoms with Crippen molar-refractivity contribution in [1.29, 1.82) is 0 Å². The van der Waals surface area contributed by atoms with Gasteiger partial charge in [-0.3, -0.25) is 0 Å². The van der Waals surface area contributed by atoms with Crippen LogP contribution < -0.4 is 5.73 Å². The van der Waals surface area contributed by atoms with E-state index in [1.165, 1.54) is 30.3 Å². The van der Waals surface area contributed by atoms with Gasteiger partial charge in [-0.1, -0.05) is 17.8 Å². The van der Waals surface area contributed by atoms with Crippen molar-refractivity contribution in [3.8, 4) is 0 Å². The van der Waals surface area contributed by atoms with Gasteiger partial charge >= 0.3 is 0 Å². The van der Waals surface area contributed by atoms with Crippen LogP contribution in [0.4, 0.5) is 13.2 Å². The monoisotopic (exact) mass is 297 g/mol. The maximum atomic E-state index is 14.0. The van der Waals surface area contributed by atoms with E-state index < -0.39 is 17.5 Å². The van der Waals surface area contributed by atoms with Crippen LogP contribution in [0.25, 0.3) is 0 Å². The molecule has 0 fully saturated rings. The molecule has 1 nitrogen and oxygen atoms in total. The Morgan fingerprint density at radius 2 is 1.75 bits per heavy atom. The average molecular weight is 297 g/mol. The molecule has 0 aromatic heterocycles. The summed E-state index contributed by atoms with van der Waals surface area (Å²) >= 11 is 0.861. The molecule has 0 saturated heterocycles. The molecule has 2 rings (SSSR count). The van der Waals surface area contributed by atoms with Crippen molar-refractivity contribution < 1.29 is 13.2 Å². The summed E-state index contributed by atoms with van der Waals surface area (Å²) in [5, 5.41) is 0. The van der Waals surface area contributed by atoms with Gasteiger partial charge in [0.25, 0.3) is 0 Å². The van der Waals surface area contributed by atoms with Gasteiger partial charge in [-0.15, -0.1) is 0 Å². The van der Waals surface area contributed by atoms with E-state index in [9.17, 15) is 13.2 Å². The molecule has 2 aromatic carbocycles. The van der Waals surface area contributed by atoms with E-state index in [0.717, 1.165) is 11.8 Å². The first-order valence-corrected chi connectivity index (χ1v) is 6.94. The van der Waals surface area contributed by atoms with Crippen molar-refractivity contribution in [3.05, 3.63) is 59.4 Å². The Morgan fingerprint density at radius 3 is 2.30 bits per heavy atom. The molecule has 5 heteroatoms. The van der Waals surface area contributed by atoms with Gasteiger partial charge in [0, 0.05) is 10.9 Å². The predicted octanol–water partition coefficient (Wildman–Crippen LogP) is 4.14. The lowest BCUT2D eigenvalue weighted by Crippen LogP contribution is -2.18. The van der Waals surface area contributed by atoms with Gasteiger partial charge in [-0.25, -0.2) is 13.2 Å². The zero-order chi connectivity index (χ0) is 14.7. The molecule has 0 aliphatic carbocycles. The van der Waals surface area contributed by atoms with E-state index in [-0.39, 0.29) is 10.9 Å². The van der Waals surface area contributed by atoms with Crippen molar-refractivity contribution in [1.82, 2.24) is 0 Å². The summed E-state index contributed by atoms with van der Waals surface area (Å²) in [5.74, 6) is -1.76. The lowest BCUT2D eigenvalue weighted by atomic mass is 10.1. The van der Waals surface area contributed by atoms with Gasteiger partial charge in [0.2, 0.25) is 0 Å². The van der Waals surface area contributed by atoms with Gasteiger partial charge in [-0.05, 0) is 49.2 Å². The van der Waals surface area contributed by atoms with Crippen molar-refractivity contribution >= 4 is 11.8 Å². The summed E-state index contributed by atoms with van der Waals surface area (Å²) in [6, 6.07) is 7.99. The van der Waals surface area contributed by atoms with Gasteiger partial charge in [-0.2, -0.15) is 0 Å². The molecule has 0 aliphatic heterocycles. The minimum absolute atomic E-state index is 0.135. The second kappa shape index (κ2) is 6.33. The van der Waals surface area contributed by atoms with Crippen LogP contribution in [0.1, 0.15) is 12.5 Å². The van der Waals surface area contributed by atoms with Crippen LogP contribution in [0.3, 0.4) is 0 Å². The van der Waals surface area contributed by atoms with Gasteiger partial charge in [0.05, 0.1) is 4.90 Å². The van der Waals surface area contributed by atoms with E-state index in [1.54, 1.807) is 13.0 Å². The van der Waals surface area contributed by atoms with Crippen LogP contribution in [0.5, 0.6) is 0 Å². The van der Waals surface area contributed by atoms with Gasteiger partial charge in [0.15, 0.2) is 0 Å². The fourth-order valence-electron chi connectivity index (χ4n) is 1.85. The van der Waals surface area contributed by atoms with Crippen LogP contribution in [-0.4, -0.2) is 6.04 Å². The zero-order valence-electron chi connectivity index (χ0n) is 10.9. The molecule has 2 N–H and O–H groups in total. The molecule has 0 heterocycles. The molecule has 0 aliphatic rings. The Hall–Kier alpha value is -1.46. The maximum Gasteiger partial charge on any atom is 0.140 e. The first-order valence-electron chi connectivity index (χ1n) is 6.12. The Morgan fingerprint density at radius 1 is 1.10 bits per heavy atom. The van der Waals surface area contributed by atoms with E-state index in [2.05, 4.69) is 0 Å². The molecule has 20 heavy (non-hydrogen) atoms. The zero-order valence-corrected chi connectivity index (χ0v) is 11.7. The molecule has 2 aromatic rings. The fraction of sp³-hybridized carbons (Fsp3) is 0.200.